The zero-order chi connectivity index (χ0) is 18.5. The predicted octanol–water partition coefficient (Wildman–Crippen LogP) is 2.70. The summed E-state index contributed by atoms with van der Waals surface area (Å²) in [7, 11) is 0. The second-order valence-corrected chi connectivity index (χ2v) is 8.48. The van der Waals surface area contributed by atoms with Crippen LogP contribution in [-0.4, -0.2) is 32.0 Å². The normalized spacial score (nSPS) is 13.7. The van der Waals surface area contributed by atoms with Gasteiger partial charge in [0, 0.05) is 41.8 Å². The highest BCUT2D eigenvalue weighted by Crippen LogP contribution is 2.22. The average molecular weight is 375 g/mol. The van der Waals surface area contributed by atoms with Gasteiger partial charge in [0.15, 0.2) is 0 Å². The largest absolute Gasteiger partial charge is 0.352 e. The summed E-state index contributed by atoms with van der Waals surface area (Å²) in [6.07, 6.45) is 3.71. The van der Waals surface area contributed by atoms with Crippen LogP contribution in [0, 0.1) is 0 Å². The molecule has 0 radical (unpaired) electrons. The quantitative estimate of drug-likeness (QED) is 0.598. The van der Waals surface area contributed by atoms with Crippen molar-refractivity contribution in [2.24, 2.45) is 0 Å². The van der Waals surface area contributed by atoms with Gasteiger partial charge in [-0.25, -0.2) is 9.48 Å². The van der Waals surface area contributed by atoms with Gasteiger partial charge in [-0.05, 0) is 43.5 Å². The maximum absolute atomic E-state index is 12.2. The summed E-state index contributed by atoms with van der Waals surface area (Å²) in [5.41, 5.74) is 0.636. The molecule has 1 aromatic carbocycles. The molecule has 0 atom stereocenters. The van der Waals surface area contributed by atoms with Crippen LogP contribution in [0.1, 0.15) is 49.3 Å². The van der Waals surface area contributed by atoms with Gasteiger partial charge < -0.3 is 5.32 Å². The van der Waals surface area contributed by atoms with Crippen LogP contribution in [0.3, 0.4) is 0 Å². The summed E-state index contributed by atoms with van der Waals surface area (Å²) in [6, 6.07) is 7.67. The van der Waals surface area contributed by atoms with Crippen LogP contribution in [-0.2, 0) is 19.5 Å². The Morgan fingerprint density at radius 2 is 2.04 bits per heavy atom. The fraction of sp³-hybridized carbons (Fsp3) is 0.526. The molecule has 0 bridgehead atoms. The summed E-state index contributed by atoms with van der Waals surface area (Å²) >= 11 is 1.78. The van der Waals surface area contributed by atoms with E-state index in [0.717, 1.165) is 31.6 Å². The number of carbonyl (C=O) groups is 1. The highest BCUT2D eigenvalue weighted by molar-refractivity contribution is 7.99. The molecule has 0 saturated carbocycles. The molecule has 1 aromatic heterocycles. The van der Waals surface area contributed by atoms with Crippen molar-refractivity contribution >= 4 is 17.7 Å². The minimum absolute atomic E-state index is 0.0238. The van der Waals surface area contributed by atoms with E-state index in [1.807, 2.05) is 24.3 Å². The summed E-state index contributed by atoms with van der Waals surface area (Å²) < 4.78 is 3.31. The van der Waals surface area contributed by atoms with Gasteiger partial charge in [0.1, 0.15) is 5.82 Å². The first-order valence-electron chi connectivity index (χ1n) is 9.26. The number of aromatic nitrogens is 3. The topological polar surface area (TPSA) is 68.9 Å². The second kappa shape index (κ2) is 8.58. The Morgan fingerprint density at radius 1 is 1.27 bits per heavy atom. The van der Waals surface area contributed by atoms with Crippen LogP contribution in [0.5, 0.6) is 0 Å². The number of fused-ring (bicyclic) bond motifs is 1. The van der Waals surface area contributed by atoms with Crippen molar-refractivity contribution in [1.82, 2.24) is 19.7 Å². The van der Waals surface area contributed by atoms with E-state index in [-0.39, 0.29) is 11.6 Å². The van der Waals surface area contributed by atoms with Crippen molar-refractivity contribution in [1.29, 1.82) is 0 Å². The van der Waals surface area contributed by atoms with Crippen LogP contribution in [0.15, 0.2) is 34.0 Å². The number of nitrogens with one attached hydrogen (secondary N) is 1. The van der Waals surface area contributed by atoms with E-state index < -0.39 is 0 Å². The van der Waals surface area contributed by atoms with Gasteiger partial charge in [0.25, 0.3) is 5.91 Å². The number of carbonyl (C=O) groups excluding carboxylic acids is 1. The Morgan fingerprint density at radius 3 is 2.73 bits per heavy atom. The lowest BCUT2D eigenvalue weighted by Crippen LogP contribution is -2.29. The number of hydrogen-bond donors (Lipinski definition) is 1. The molecule has 3 rings (SSSR count). The van der Waals surface area contributed by atoms with Crippen molar-refractivity contribution in [3.63, 3.8) is 0 Å². The molecule has 0 unspecified atom stereocenters. The molecule has 2 aromatic rings. The Balaban J connectivity index is 1.47. The van der Waals surface area contributed by atoms with Crippen LogP contribution in [0.4, 0.5) is 0 Å². The molecule has 0 fully saturated rings. The van der Waals surface area contributed by atoms with E-state index in [1.165, 1.54) is 9.58 Å². The third kappa shape index (κ3) is 4.58. The highest BCUT2D eigenvalue weighted by Gasteiger charge is 2.16. The first-order chi connectivity index (χ1) is 12.5. The molecule has 1 N–H and O–H groups in total. The molecular weight excluding hydrogens is 348 g/mol. The van der Waals surface area contributed by atoms with E-state index in [2.05, 4.69) is 24.3 Å². The maximum Gasteiger partial charge on any atom is 0.345 e. The van der Waals surface area contributed by atoms with E-state index in [9.17, 15) is 9.59 Å². The summed E-state index contributed by atoms with van der Waals surface area (Å²) in [5.74, 6) is 0.812. The maximum atomic E-state index is 12.2. The third-order valence-corrected chi connectivity index (χ3v) is 5.37. The molecule has 1 aliphatic rings. The molecule has 140 valence electrons. The number of benzene rings is 1. The third-order valence-electron chi connectivity index (χ3n) is 4.35. The smallest absolute Gasteiger partial charge is 0.345 e. The van der Waals surface area contributed by atoms with E-state index in [1.54, 1.807) is 16.3 Å². The van der Waals surface area contributed by atoms with Crippen molar-refractivity contribution in [3.05, 3.63) is 46.1 Å². The second-order valence-electron chi connectivity index (χ2n) is 6.83. The molecule has 1 aliphatic heterocycles. The molecule has 7 heteroatoms. The highest BCUT2D eigenvalue weighted by atomic mass is 32.2. The Hall–Kier alpha value is -2.02. The lowest BCUT2D eigenvalue weighted by molar-refractivity contribution is 0.0952. The molecule has 26 heavy (non-hydrogen) atoms. The number of hydrogen-bond acceptors (Lipinski definition) is 4. The van der Waals surface area contributed by atoms with Gasteiger partial charge in [0.05, 0.1) is 0 Å². The average Bonchev–Trinajstić information content (AvgIpc) is 2.95. The van der Waals surface area contributed by atoms with Crippen molar-refractivity contribution in [3.8, 4) is 0 Å². The number of rotatable bonds is 7. The lowest BCUT2D eigenvalue weighted by Gasteiger charge is -2.09. The van der Waals surface area contributed by atoms with Crippen LogP contribution in [0.2, 0.25) is 0 Å². The van der Waals surface area contributed by atoms with E-state index >= 15 is 0 Å². The zero-order valence-corrected chi connectivity index (χ0v) is 16.2. The number of aryl methyl sites for hydroxylation is 2. The van der Waals surface area contributed by atoms with Crippen LogP contribution >= 0.6 is 11.8 Å². The molecule has 6 nitrogen and oxygen atoms in total. The fourth-order valence-corrected chi connectivity index (χ4v) is 3.92. The minimum Gasteiger partial charge on any atom is -0.352 e. The molecule has 0 aliphatic carbocycles. The first kappa shape index (κ1) is 18.8. The van der Waals surface area contributed by atoms with Crippen LogP contribution in [0.25, 0.3) is 0 Å². The standard InChI is InChI=1S/C19H26N4O2S/c1-14(2)26-16-9-7-15(8-10-16)18(24)20-11-5-13-23-19(25)22-12-4-3-6-17(22)21-23/h7-10,14H,3-6,11-13H2,1-2H3,(H,20,24). The minimum atomic E-state index is -0.0809. The van der Waals surface area contributed by atoms with Gasteiger partial charge in [-0.2, -0.15) is 5.10 Å². The summed E-state index contributed by atoms with van der Waals surface area (Å²) in [5, 5.41) is 7.85. The molecule has 1 amide bonds. The first-order valence-corrected chi connectivity index (χ1v) is 10.1. The van der Waals surface area contributed by atoms with Gasteiger partial charge in [-0.1, -0.05) is 13.8 Å². The van der Waals surface area contributed by atoms with Crippen molar-refractivity contribution < 1.29 is 4.79 Å². The predicted molar refractivity (Wildman–Crippen MR) is 104 cm³/mol. The summed E-state index contributed by atoms with van der Waals surface area (Å²) in [6.45, 7) is 6.12. The lowest BCUT2D eigenvalue weighted by atomic mass is 10.2. The molecule has 0 spiro atoms. The zero-order valence-electron chi connectivity index (χ0n) is 15.4. The number of thioether (sulfide) groups is 1. The number of nitrogens with zero attached hydrogens (tertiary/aromatic N) is 3. The summed E-state index contributed by atoms with van der Waals surface area (Å²) in [4.78, 5) is 25.6. The van der Waals surface area contributed by atoms with Gasteiger partial charge in [-0.3, -0.25) is 9.36 Å². The van der Waals surface area contributed by atoms with Gasteiger partial charge in [0.2, 0.25) is 0 Å². The monoisotopic (exact) mass is 374 g/mol. The SMILES string of the molecule is CC(C)Sc1ccc(C(=O)NCCCn2nc3n(c2=O)CCCC3)cc1. The van der Waals surface area contributed by atoms with E-state index in [4.69, 9.17) is 0 Å². The Bertz CT molecular complexity index is 808. The molecule has 2 heterocycles. The Labute approximate surface area is 158 Å². The Kier molecular flexibility index (Phi) is 6.19. The molecular formula is C19H26N4O2S. The van der Waals surface area contributed by atoms with Crippen LogP contribution < -0.4 is 11.0 Å². The van der Waals surface area contributed by atoms with Crippen molar-refractivity contribution in [2.75, 3.05) is 6.54 Å². The van der Waals surface area contributed by atoms with Crippen molar-refractivity contribution in [2.45, 2.75) is 62.8 Å². The van der Waals surface area contributed by atoms with Gasteiger partial charge in [-0.15, -0.1) is 11.8 Å². The fourth-order valence-electron chi connectivity index (χ4n) is 3.08. The number of amides is 1. The molecule has 0 saturated heterocycles. The van der Waals surface area contributed by atoms with Gasteiger partial charge >= 0.3 is 5.69 Å². The van der Waals surface area contributed by atoms with E-state index in [0.29, 0.717) is 30.3 Å².